The van der Waals surface area contributed by atoms with E-state index in [0.717, 1.165) is 44.1 Å². The second-order valence-corrected chi connectivity index (χ2v) is 10.8. The fourth-order valence-corrected chi connectivity index (χ4v) is 8.70. The highest BCUT2D eigenvalue weighted by atomic mass is 32.4. The fraction of sp³-hybridized carbons (Fsp3) is 0. The number of fused-ring (bicyclic) bond motifs is 7. The molecular weight excluding hydrogens is 359 g/mol. The standard InChI is InChI=1S/C22H13O2PS/c26-25(14-8-2-1-3-9-14)21-15-10-4-6-12-17(15)23-19(21)20-22(25)16-11-5-7-13-18(16)24-20/h1-13H. The molecule has 0 amide bonds. The van der Waals surface area contributed by atoms with Gasteiger partial charge in [-0.1, -0.05) is 78.5 Å². The van der Waals surface area contributed by atoms with Crippen molar-refractivity contribution >= 4 is 55.7 Å². The molecule has 0 aliphatic carbocycles. The Morgan fingerprint density at radius 1 is 0.577 bits per heavy atom. The van der Waals surface area contributed by atoms with Crippen LogP contribution < -0.4 is 15.9 Å². The lowest BCUT2D eigenvalue weighted by Gasteiger charge is -2.18. The first-order chi connectivity index (χ1) is 12.8. The van der Waals surface area contributed by atoms with Crippen LogP contribution in [0, 0.1) is 0 Å². The number of hydrogen-bond acceptors (Lipinski definition) is 3. The van der Waals surface area contributed by atoms with Crippen LogP contribution >= 0.6 is 6.04 Å². The number of para-hydroxylation sites is 2. The van der Waals surface area contributed by atoms with Crippen molar-refractivity contribution in [1.82, 2.24) is 0 Å². The molecule has 0 N–H and O–H groups in total. The molecule has 0 saturated carbocycles. The van der Waals surface area contributed by atoms with E-state index >= 15 is 0 Å². The summed E-state index contributed by atoms with van der Waals surface area (Å²) < 4.78 is 12.5. The van der Waals surface area contributed by atoms with Crippen LogP contribution in [0.3, 0.4) is 0 Å². The van der Waals surface area contributed by atoms with Gasteiger partial charge in [-0.25, -0.2) is 0 Å². The molecular formula is C22H13O2PS. The largest absolute Gasteiger partial charge is 0.452 e. The van der Waals surface area contributed by atoms with Crippen molar-refractivity contribution < 1.29 is 8.83 Å². The van der Waals surface area contributed by atoms with Crippen LogP contribution in [0.2, 0.25) is 0 Å². The first kappa shape index (κ1) is 14.5. The molecule has 26 heavy (non-hydrogen) atoms. The Morgan fingerprint density at radius 2 is 1.04 bits per heavy atom. The molecule has 5 aromatic rings. The van der Waals surface area contributed by atoms with E-state index in [1.54, 1.807) is 0 Å². The monoisotopic (exact) mass is 372 g/mol. The van der Waals surface area contributed by atoms with Gasteiger partial charge >= 0.3 is 0 Å². The second-order valence-electron chi connectivity index (χ2n) is 6.50. The van der Waals surface area contributed by atoms with Crippen LogP contribution in [0.5, 0.6) is 0 Å². The maximum Gasteiger partial charge on any atom is 0.180 e. The van der Waals surface area contributed by atoms with Crippen molar-refractivity contribution in [2.75, 3.05) is 0 Å². The molecule has 6 rings (SSSR count). The molecule has 124 valence electrons. The maximum absolute atomic E-state index is 6.50. The molecule has 1 aliphatic heterocycles. The third-order valence-electron chi connectivity index (χ3n) is 5.09. The lowest BCUT2D eigenvalue weighted by Crippen LogP contribution is -2.20. The first-order valence-corrected chi connectivity index (χ1v) is 11.3. The van der Waals surface area contributed by atoms with Crippen LogP contribution in [0.4, 0.5) is 0 Å². The Labute approximate surface area is 155 Å². The second kappa shape index (κ2) is 4.97. The van der Waals surface area contributed by atoms with Gasteiger partial charge in [0.15, 0.2) is 11.5 Å². The van der Waals surface area contributed by atoms with Crippen LogP contribution in [0.1, 0.15) is 0 Å². The van der Waals surface area contributed by atoms with E-state index in [-0.39, 0.29) is 0 Å². The van der Waals surface area contributed by atoms with E-state index in [1.807, 2.05) is 42.5 Å². The van der Waals surface area contributed by atoms with E-state index in [0.29, 0.717) is 0 Å². The molecule has 0 atom stereocenters. The van der Waals surface area contributed by atoms with Gasteiger partial charge in [-0.15, -0.1) is 0 Å². The van der Waals surface area contributed by atoms with Gasteiger partial charge in [-0.2, -0.15) is 0 Å². The number of rotatable bonds is 1. The van der Waals surface area contributed by atoms with Gasteiger partial charge in [0.05, 0.1) is 10.6 Å². The van der Waals surface area contributed by atoms with Gasteiger partial charge < -0.3 is 8.83 Å². The summed E-state index contributed by atoms with van der Waals surface area (Å²) in [4.78, 5) is 0. The van der Waals surface area contributed by atoms with Crippen molar-refractivity contribution in [3.8, 4) is 11.5 Å². The predicted molar refractivity (Wildman–Crippen MR) is 111 cm³/mol. The molecule has 0 saturated heterocycles. The Balaban J connectivity index is 1.86. The topological polar surface area (TPSA) is 26.3 Å². The molecule has 0 unspecified atom stereocenters. The molecule has 0 radical (unpaired) electrons. The van der Waals surface area contributed by atoms with E-state index in [1.165, 1.54) is 5.30 Å². The van der Waals surface area contributed by atoms with Crippen LogP contribution in [0.15, 0.2) is 87.7 Å². The molecule has 4 heteroatoms. The number of hydrogen-bond donors (Lipinski definition) is 0. The molecule has 0 fully saturated rings. The Kier molecular flexibility index (Phi) is 2.78. The zero-order valence-corrected chi connectivity index (χ0v) is 15.4. The minimum absolute atomic E-state index is 0.810. The van der Waals surface area contributed by atoms with Gasteiger partial charge in [0.2, 0.25) is 0 Å². The highest BCUT2D eigenvalue weighted by molar-refractivity contribution is 8.26. The van der Waals surface area contributed by atoms with Crippen molar-refractivity contribution in [2.24, 2.45) is 0 Å². The summed E-state index contributed by atoms with van der Waals surface area (Å²) in [5, 5.41) is 5.64. The van der Waals surface area contributed by atoms with Gasteiger partial charge in [0.25, 0.3) is 0 Å². The summed E-state index contributed by atoms with van der Waals surface area (Å²) >= 11 is 6.50. The third-order valence-corrected chi connectivity index (χ3v) is 10.00. The average molecular weight is 372 g/mol. The molecule has 3 heterocycles. The summed E-state index contributed by atoms with van der Waals surface area (Å²) in [5.74, 6) is 1.62. The molecule has 3 aromatic carbocycles. The first-order valence-electron chi connectivity index (χ1n) is 8.49. The van der Waals surface area contributed by atoms with Crippen molar-refractivity contribution in [3.05, 3.63) is 78.9 Å². The summed E-state index contributed by atoms with van der Waals surface area (Å²) in [7, 11) is 0. The number of furan rings is 2. The molecule has 0 bridgehead atoms. The summed E-state index contributed by atoms with van der Waals surface area (Å²) in [6, 6.07) is 24.5. The summed E-state index contributed by atoms with van der Waals surface area (Å²) in [6.07, 6.45) is 0. The normalized spacial score (nSPS) is 14.6. The lowest BCUT2D eigenvalue weighted by molar-refractivity contribution is 0.574. The smallest absolute Gasteiger partial charge is 0.180 e. The van der Waals surface area contributed by atoms with Gasteiger partial charge in [0.1, 0.15) is 11.2 Å². The quantitative estimate of drug-likeness (QED) is 0.384. The Bertz CT molecular complexity index is 1280. The van der Waals surface area contributed by atoms with Crippen molar-refractivity contribution in [2.45, 2.75) is 0 Å². The fourth-order valence-electron chi connectivity index (χ4n) is 4.00. The van der Waals surface area contributed by atoms with E-state index in [2.05, 4.69) is 36.4 Å². The average Bonchev–Trinajstić information content (AvgIpc) is 3.32. The van der Waals surface area contributed by atoms with Gasteiger partial charge in [0, 0.05) is 16.8 Å². The number of benzene rings is 3. The van der Waals surface area contributed by atoms with Gasteiger partial charge in [-0.3, -0.25) is 0 Å². The van der Waals surface area contributed by atoms with E-state index < -0.39 is 6.04 Å². The molecule has 2 nitrogen and oxygen atoms in total. The SMILES string of the molecule is S=P1(c2ccccc2)c2c(oc3ccccc23)-c2oc3ccccc3c21. The highest BCUT2D eigenvalue weighted by Gasteiger charge is 2.44. The van der Waals surface area contributed by atoms with Crippen LogP contribution in [-0.2, 0) is 11.8 Å². The lowest BCUT2D eigenvalue weighted by atomic mass is 10.2. The minimum Gasteiger partial charge on any atom is -0.452 e. The molecule has 2 aromatic heterocycles. The van der Waals surface area contributed by atoms with E-state index in [4.69, 9.17) is 20.6 Å². The zero-order chi connectivity index (χ0) is 17.3. The van der Waals surface area contributed by atoms with Crippen molar-refractivity contribution in [3.63, 3.8) is 0 Å². The zero-order valence-electron chi connectivity index (χ0n) is 13.7. The molecule has 1 aliphatic rings. The Morgan fingerprint density at radius 3 is 1.58 bits per heavy atom. The predicted octanol–water partition coefficient (Wildman–Crippen LogP) is 4.92. The third kappa shape index (κ3) is 1.65. The maximum atomic E-state index is 6.50. The van der Waals surface area contributed by atoms with Gasteiger partial charge in [-0.05, 0) is 17.4 Å². The molecule has 0 spiro atoms. The minimum atomic E-state index is -2.25. The summed E-state index contributed by atoms with van der Waals surface area (Å²) in [6.45, 7) is 0. The summed E-state index contributed by atoms with van der Waals surface area (Å²) in [5.41, 5.74) is 1.74. The van der Waals surface area contributed by atoms with Crippen molar-refractivity contribution in [1.29, 1.82) is 0 Å². The highest BCUT2D eigenvalue weighted by Crippen LogP contribution is 2.57. The van der Waals surface area contributed by atoms with E-state index in [9.17, 15) is 0 Å². The van der Waals surface area contributed by atoms with Crippen LogP contribution in [-0.4, -0.2) is 0 Å². The Hall–Kier alpha value is -2.61. The van der Waals surface area contributed by atoms with Crippen LogP contribution in [0.25, 0.3) is 33.5 Å².